The van der Waals surface area contributed by atoms with Gasteiger partial charge < -0.3 is 20.6 Å². The number of hydrogen-bond acceptors (Lipinski definition) is 4. The molecule has 0 aliphatic carbocycles. The summed E-state index contributed by atoms with van der Waals surface area (Å²) in [5, 5.41) is 27.9. The Hall–Kier alpha value is -1.14. The molecule has 0 aromatic carbocycles. The number of aliphatic carboxylic acids is 2. The van der Waals surface area contributed by atoms with Crippen LogP contribution in [0.1, 0.15) is 6.42 Å². The molecule has 4 N–H and O–H groups in total. The molecule has 0 aromatic heterocycles. The molecule has 1 atom stereocenters. The highest BCUT2D eigenvalue weighted by Gasteiger charge is 2.19. The molecule has 0 radical (unpaired) electrons. The number of nitrogens with one attached hydrogen (secondary N) is 1. The average Bonchev–Trinajstić information content (AvgIpc) is 2.02. The van der Waals surface area contributed by atoms with E-state index in [-0.39, 0.29) is 19.7 Å². The largest absolute Gasteiger partial charge is 0.481 e. The van der Waals surface area contributed by atoms with Gasteiger partial charge in [0.2, 0.25) is 0 Å². The van der Waals surface area contributed by atoms with Crippen molar-refractivity contribution in [2.24, 2.45) is 5.92 Å². The second kappa shape index (κ2) is 6.38. The molecule has 0 spiro atoms. The highest BCUT2D eigenvalue weighted by Crippen LogP contribution is 2.01. The van der Waals surface area contributed by atoms with Crippen molar-refractivity contribution >= 4 is 11.9 Å². The molecule has 0 aliphatic rings. The van der Waals surface area contributed by atoms with Crippen LogP contribution in [0.3, 0.4) is 0 Å². The van der Waals surface area contributed by atoms with Gasteiger partial charge in [-0.15, -0.1) is 0 Å². The van der Waals surface area contributed by atoms with E-state index in [4.69, 9.17) is 15.3 Å². The Balaban J connectivity index is 3.81. The third-order valence-electron chi connectivity index (χ3n) is 1.45. The first kappa shape index (κ1) is 11.9. The van der Waals surface area contributed by atoms with Crippen LogP contribution in [0.2, 0.25) is 0 Å². The van der Waals surface area contributed by atoms with Gasteiger partial charge in [0.1, 0.15) is 0 Å². The molecule has 0 bridgehead atoms. The lowest BCUT2D eigenvalue weighted by atomic mass is 10.1. The van der Waals surface area contributed by atoms with Crippen LogP contribution in [0, 0.1) is 5.92 Å². The normalized spacial score (nSPS) is 12.4. The van der Waals surface area contributed by atoms with Crippen LogP contribution < -0.4 is 5.32 Å². The fourth-order valence-corrected chi connectivity index (χ4v) is 0.813. The monoisotopic (exact) mass is 191 g/mol. The molecule has 1 unspecified atom stereocenters. The summed E-state index contributed by atoms with van der Waals surface area (Å²) in [6.07, 6.45) is -0.409. The summed E-state index contributed by atoms with van der Waals surface area (Å²) in [6, 6.07) is 0. The lowest BCUT2D eigenvalue weighted by Crippen LogP contribution is -2.31. The van der Waals surface area contributed by atoms with Gasteiger partial charge in [0.15, 0.2) is 0 Å². The van der Waals surface area contributed by atoms with Gasteiger partial charge in [0.25, 0.3) is 0 Å². The smallest absolute Gasteiger partial charge is 0.308 e. The minimum absolute atomic E-state index is 0.0577. The molecule has 6 heteroatoms. The van der Waals surface area contributed by atoms with Gasteiger partial charge in [-0.1, -0.05) is 0 Å². The lowest BCUT2D eigenvalue weighted by Gasteiger charge is -2.09. The van der Waals surface area contributed by atoms with Gasteiger partial charge in [-0.3, -0.25) is 9.59 Å². The predicted octanol–water partition coefficient (Wildman–Crippen LogP) is -1.26. The summed E-state index contributed by atoms with van der Waals surface area (Å²) < 4.78 is 0. The molecule has 0 saturated heterocycles. The van der Waals surface area contributed by atoms with Crippen molar-refractivity contribution in [3.05, 3.63) is 0 Å². The zero-order valence-electron chi connectivity index (χ0n) is 7.06. The first-order valence-corrected chi connectivity index (χ1v) is 3.84. The maximum atomic E-state index is 10.5. The Bertz CT molecular complexity index is 182. The minimum Gasteiger partial charge on any atom is -0.481 e. The number of carboxylic acid groups (broad SMARTS) is 2. The van der Waals surface area contributed by atoms with E-state index in [0.717, 1.165) is 0 Å². The molecule has 13 heavy (non-hydrogen) atoms. The standard InChI is InChI=1S/C7H13NO5/c9-2-1-8-4-5(7(12)13)3-6(10)11/h5,8-9H,1-4H2,(H,10,11)(H,12,13). The van der Waals surface area contributed by atoms with Gasteiger partial charge in [0.05, 0.1) is 18.9 Å². The van der Waals surface area contributed by atoms with Gasteiger partial charge >= 0.3 is 11.9 Å². The zero-order chi connectivity index (χ0) is 10.3. The second-order valence-corrected chi connectivity index (χ2v) is 2.56. The third kappa shape index (κ3) is 6.06. The summed E-state index contributed by atoms with van der Waals surface area (Å²) in [5.41, 5.74) is 0. The van der Waals surface area contributed by atoms with Gasteiger partial charge in [-0.05, 0) is 0 Å². The number of aliphatic hydroxyl groups excluding tert-OH is 1. The molecule has 0 heterocycles. The van der Waals surface area contributed by atoms with Crippen molar-refractivity contribution in [1.29, 1.82) is 0 Å². The van der Waals surface area contributed by atoms with Crippen LogP contribution in [0.25, 0.3) is 0 Å². The Labute approximate surface area is 75.2 Å². The Morgan fingerprint density at radius 3 is 2.31 bits per heavy atom. The highest BCUT2D eigenvalue weighted by molar-refractivity contribution is 5.77. The van der Waals surface area contributed by atoms with E-state index in [2.05, 4.69) is 5.32 Å². The maximum absolute atomic E-state index is 10.5. The van der Waals surface area contributed by atoms with Crippen LogP contribution >= 0.6 is 0 Å². The second-order valence-electron chi connectivity index (χ2n) is 2.56. The fraction of sp³-hybridized carbons (Fsp3) is 0.714. The van der Waals surface area contributed by atoms with Crippen molar-refractivity contribution in [1.82, 2.24) is 5.32 Å². The van der Waals surface area contributed by atoms with Crippen LogP contribution in [0.4, 0.5) is 0 Å². The van der Waals surface area contributed by atoms with Crippen molar-refractivity contribution in [2.75, 3.05) is 19.7 Å². The van der Waals surface area contributed by atoms with E-state index in [0.29, 0.717) is 0 Å². The van der Waals surface area contributed by atoms with Crippen molar-refractivity contribution in [3.8, 4) is 0 Å². The minimum atomic E-state index is -1.15. The maximum Gasteiger partial charge on any atom is 0.308 e. The van der Waals surface area contributed by atoms with Gasteiger partial charge in [0, 0.05) is 13.1 Å². The summed E-state index contributed by atoms with van der Waals surface area (Å²) in [7, 11) is 0. The summed E-state index contributed by atoms with van der Waals surface area (Å²) in [6.45, 7) is 0.227. The number of carboxylic acids is 2. The van der Waals surface area contributed by atoms with Crippen LogP contribution in [0.5, 0.6) is 0 Å². The first-order chi connectivity index (χ1) is 6.07. The number of rotatable bonds is 7. The summed E-state index contributed by atoms with van der Waals surface area (Å²) in [5.74, 6) is -3.23. The fourth-order valence-electron chi connectivity index (χ4n) is 0.813. The molecular weight excluding hydrogens is 178 g/mol. The van der Waals surface area contributed by atoms with E-state index in [1.165, 1.54) is 0 Å². The summed E-state index contributed by atoms with van der Waals surface area (Å²) in [4.78, 5) is 20.7. The van der Waals surface area contributed by atoms with E-state index < -0.39 is 24.3 Å². The van der Waals surface area contributed by atoms with Gasteiger partial charge in [-0.2, -0.15) is 0 Å². The molecule has 0 amide bonds. The average molecular weight is 191 g/mol. The quantitative estimate of drug-likeness (QED) is 0.374. The van der Waals surface area contributed by atoms with E-state index in [1.807, 2.05) is 0 Å². The van der Waals surface area contributed by atoms with Crippen LogP contribution in [-0.4, -0.2) is 47.0 Å². The predicted molar refractivity (Wildman–Crippen MR) is 43.3 cm³/mol. The van der Waals surface area contributed by atoms with Crippen LogP contribution in [0.15, 0.2) is 0 Å². The third-order valence-corrected chi connectivity index (χ3v) is 1.45. The Kier molecular flexibility index (Phi) is 5.82. The van der Waals surface area contributed by atoms with E-state index >= 15 is 0 Å². The van der Waals surface area contributed by atoms with E-state index in [9.17, 15) is 9.59 Å². The molecule has 6 nitrogen and oxygen atoms in total. The molecule has 0 rings (SSSR count). The highest BCUT2D eigenvalue weighted by atomic mass is 16.4. The molecule has 0 aliphatic heterocycles. The number of carbonyl (C=O) groups is 2. The molecule has 0 aromatic rings. The van der Waals surface area contributed by atoms with Crippen molar-refractivity contribution in [2.45, 2.75) is 6.42 Å². The molecule has 0 saturated carbocycles. The topological polar surface area (TPSA) is 107 Å². The zero-order valence-corrected chi connectivity index (χ0v) is 7.06. The van der Waals surface area contributed by atoms with Crippen molar-refractivity contribution < 1.29 is 24.9 Å². The lowest BCUT2D eigenvalue weighted by molar-refractivity contribution is -0.148. The van der Waals surface area contributed by atoms with Crippen molar-refractivity contribution in [3.63, 3.8) is 0 Å². The molecular formula is C7H13NO5. The molecule has 0 fully saturated rings. The SMILES string of the molecule is O=C(O)CC(CNCCO)C(=O)O. The number of hydrogen-bond donors (Lipinski definition) is 4. The van der Waals surface area contributed by atoms with Gasteiger partial charge in [-0.25, -0.2) is 0 Å². The molecule has 76 valence electrons. The first-order valence-electron chi connectivity index (χ1n) is 3.84. The Morgan fingerprint density at radius 1 is 1.31 bits per heavy atom. The summed E-state index contributed by atoms with van der Waals surface area (Å²) >= 11 is 0. The number of aliphatic hydroxyl groups is 1. The van der Waals surface area contributed by atoms with Crippen LogP contribution in [-0.2, 0) is 9.59 Å². The Morgan fingerprint density at radius 2 is 1.92 bits per heavy atom. The van der Waals surface area contributed by atoms with E-state index in [1.54, 1.807) is 0 Å².